The lowest BCUT2D eigenvalue weighted by molar-refractivity contribution is 0.0946. The molecule has 1 fully saturated rings. The zero-order chi connectivity index (χ0) is 18.4. The Morgan fingerprint density at radius 3 is 2.12 bits per heavy atom. The molecule has 0 unspecified atom stereocenters. The normalized spacial score (nSPS) is 21.6. The van der Waals surface area contributed by atoms with Gasteiger partial charge in [-0.1, -0.05) is 43.7 Å². The van der Waals surface area contributed by atoms with E-state index in [1.165, 1.54) is 12.1 Å². The number of primary sulfonamides is 1. The van der Waals surface area contributed by atoms with Crippen LogP contribution in [0.5, 0.6) is 0 Å². The van der Waals surface area contributed by atoms with Gasteiger partial charge >= 0.3 is 0 Å². The first-order valence-corrected chi connectivity index (χ1v) is 9.65. The molecule has 0 heterocycles. The molecule has 0 saturated heterocycles. The lowest BCUT2D eigenvalue weighted by Gasteiger charge is -2.06. The first-order chi connectivity index (χ1) is 11.6. The fourth-order valence-electron chi connectivity index (χ4n) is 3.32. The van der Waals surface area contributed by atoms with Gasteiger partial charge in [-0.25, -0.2) is 13.6 Å². The molecule has 2 aromatic carbocycles. The molecule has 132 valence electrons. The summed E-state index contributed by atoms with van der Waals surface area (Å²) in [6, 6.07) is 14.0. The van der Waals surface area contributed by atoms with Gasteiger partial charge in [-0.2, -0.15) is 0 Å². The molecule has 0 aromatic heterocycles. The maximum Gasteiger partial charge on any atom is 0.251 e. The first kappa shape index (κ1) is 17.6. The van der Waals surface area contributed by atoms with Crippen LogP contribution in [0.4, 0.5) is 0 Å². The number of nitrogens with one attached hydrogen (secondary N) is 1. The monoisotopic (exact) mass is 358 g/mol. The van der Waals surface area contributed by atoms with Crippen LogP contribution in [0, 0.1) is 12.3 Å². The van der Waals surface area contributed by atoms with E-state index >= 15 is 0 Å². The smallest absolute Gasteiger partial charge is 0.251 e. The Morgan fingerprint density at radius 1 is 1.04 bits per heavy atom. The molecule has 0 spiro atoms. The third-order valence-electron chi connectivity index (χ3n) is 5.00. The number of carbonyl (C=O) groups excluding carboxylic acids is 1. The van der Waals surface area contributed by atoms with E-state index in [9.17, 15) is 13.2 Å². The zero-order valence-corrected chi connectivity index (χ0v) is 15.3. The summed E-state index contributed by atoms with van der Waals surface area (Å²) in [4.78, 5) is 12.5. The number of amides is 1. The van der Waals surface area contributed by atoms with E-state index in [4.69, 9.17) is 5.14 Å². The molecule has 2 atom stereocenters. The molecule has 1 aliphatic carbocycles. The van der Waals surface area contributed by atoms with Gasteiger partial charge < -0.3 is 5.32 Å². The molecule has 0 bridgehead atoms. The SMILES string of the molecule is Cc1ccc(C(=O)N[C@@H]2[C@@H](c3ccc(S(N)(=O)=O)cc3)C2(C)C)cc1. The van der Waals surface area contributed by atoms with Crippen molar-refractivity contribution in [3.63, 3.8) is 0 Å². The van der Waals surface area contributed by atoms with Crippen molar-refractivity contribution >= 4 is 15.9 Å². The molecule has 3 rings (SSSR count). The largest absolute Gasteiger partial charge is 0.348 e. The molecular weight excluding hydrogens is 336 g/mol. The summed E-state index contributed by atoms with van der Waals surface area (Å²) in [6.07, 6.45) is 0. The number of sulfonamides is 1. The van der Waals surface area contributed by atoms with E-state index in [1.807, 2.05) is 31.2 Å². The highest BCUT2D eigenvalue weighted by Crippen LogP contribution is 2.58. The van der Waals surface area contributed by atoms with Crippen molar-refractivity contribution < 1.29 is 13.2 Å². The number of nitrogens with two attached hydrogens (primary N) is 1. The van der Waals surface area contributed by atoms with E-state index in [-0.39, 0.29) is 28.2 Å². The minimum Gasteiger partial charge on any atom is -0.348 e. The molecule has 0 radical (unpaired) electrons. The minimum atomic E-state index is -3.70. The highest BCUT2D eigenvalue weighted by molar-refractivity contribution is 7.89. The van der Waals surface area contributed by atoms with E-state index in [0.717, 1.165) is 11.1 Å². The lowest BCUT2D eigenvalue weighted by atomic mass is 10.0. The summed E-state index contributed by atoms with van der Waals surface area (Å²) in [5, 5.41) is 8.23. The summed E-state index contributed by atoms with van der Waals surface area (Å²) < 4.78 is 22.7. The Morgan fingerprint density at radius 2 is 1.60 bits per heavy atom. The van der Waals surface area contributed by atoms with Crippen LogP contribution in [-0.4, -0.2) is 20.4 Å². The van der Waals surface area contributed by atoms with Gasteiger partial charge in [-0.15, -0.1) is 0 Å². The molecule has 5 nitrogen and oxygen atoms in total. The van der Waals surface area contributed by atoms with Crippen molar-refractivity contribution in [3.8, 4) is 0 Å². The van der Waals surface area contributed by atoms with Gasteiger partial charge in [0.15, 0.2) is 0 Å². The summed E-state index contributed by atoms with van der Waals surface area (Å²) in [5.74, 6) is 0.0400. The highest BCUT2D eigenvalue weighted by atomic mass is 32.2. The van der Waals surface area contributed by atoms with Gasteiger partial charge in [-0.3, -0.25) is 4.79 Å². The van der Waals surface area contributed by atoms with Crippen molar-refractivity contribution in [2.24, 2.45) is 10.6 Å². The van der Waals surface area contributed by atoms with Crippen LogP contribution in [0.2, 0.25) is 0 Å². The van der Waals surface area contributed by atoms with Crippen molar-refractivity contribution in [2.45, 2.75) is 37.6 Å². The standard InChI is InChI=1S/C19H22N2O3S/c1-12-4-6-14(7-5-12)18(22)21-17-16(19(17,2)3)13-8-10-15(11-9-13)25(20,23)24/h4-11,16-17H,1-3H3,(H,21,22)(H2,20,23,24)/t16-,17-/m1/s1. The van der Waals surface area contributed by atoms with Crippen LogP contribution < -0.4 is 10.5 Å². The van der Waals surface area contributed by atoms with Gasteiger partial charge in [0.25, 0.3) is 5.91 Å². The Hall–Kier alpha value is -2.18. The highest BCUT2D eigenvalue weighted by Gasteiger charge is 2.59. The third-order valence-corrected chi connectivity index (χ3v) is 5.92. The van der Waals surface area contributed by atoms with E-state index in [1.54, 1.807) is 12.1 Å². The molecule has 0 aliphatic heterocycles. The fourth-order valence-corrected chi connectivity index (χ4v) is 3.84. The summed E-state index contributed by atoms with van der Waals surface area (Å²) >= 11 is 0. The molecule has 3 N–H and O–H groups in total. The number of rotatable bonds is 4. The summed E-state index contributed by atoms with van der Waals surface area (Å²) in [5.41, 5.74) is 2.64. The van der Waals surface area contributed by atoms with Gasteiger partial charge in [-0.05, 0) is 42.2 Å². The van der Waals surface area contributed by atoms with E-state index in [2.05, 4.69) is 19.2 Å². The van der Waals surface area contributed by atoms with E-state index < -0.39 is 10.0 Å². The minimum absolute atomic E-state index is 0.00152. The number of aryl methyl sites for hydroxylation is 1. The predicted molar refractivity (Wildman–Crippen MR) is 96.8 cm³/mol. The topological polar surface area (TPSA) is 89.3 Å². The molecule has 2 aromatic rings. The van der Waals surface area contributed by atoms with Crippen LogP contribution in [0.1, 0.15) is 41.3 Å². The molecular formula is C19H22N2O3S. The third kappa shape index (κ3) is 3.45. The van der Waals surface area contributed by atoms with Crippen molar-refractivity contribution in [1.29, 1.82) is 0 Å². The van der Waals surface area contributed by atoms with Crippen molar-refractivity contribution in [2.75, 3.05) is 0 Å². The molecule has 1 amide bonds. The van der Waals surface area contributed by atoms with Crippen LogP contribution in [0.25, 0.3) is 0 Å². The van der Waals surface area contributed by atoms with E-state index in [0.29, 0.717) is 5.56 Å². The van der Waals surface area contributed by atoms with Gasteiger partial charge in [0.05, 0.1) is 4.90 Å². The zero-order valence-electron chi connectivity index (χ0n) is 14.5. The Labute approximate surface area is 148 Å². The van der Waals surface area contributed by atoms with Gasteiger partial charge in [0.2, 0.25) is 10.0 Å². The Bertz CT molecular complexity index is 901. The average molecular weight is 358 g/mol. The Balaban J connectivity index is 1.76. The number of hydrogen-bond acceptors (Lipinski definition) is 3. The summed E-state index contributed by atoms with van der Waals surface area (Å²) in [7, 11) is -3.70. The van der Waals surface area contributed by atoms with Crippen LogP contribution in [-0.2, 0) is 10.0 Å². The Kier molecular flexibility index (Phi) is 4.21. The molecule has 1 aliphatic rings. The lowest BCUT2D eigenvalue weighted by Crippen LogP contribution is -2.28. The number of carbonyl (C=O) groups is 1. The second-order valence-electron chi connectivity index (χ2n) is 7.23. The summed E-state index contributed by atoms with van der Waals surface area (Å²) in [6.45, 7) is 6.16. The van der Waals surface area contributed by atoms with Gasteiger partial charge in [0.1, 0.15) is 0 Å². The van der Waals surface area contributed by atoms with Crippen LogP contribution in [0.15, 0.2) is 53.4 Å². The second kappa shape index (κ2) is 5.97. The molecule has 6 heteroatoms. The second-order valence-corrected chi connectivity index (χ2v) is 8.79. The molecule has 1 saturated carbocycles. The first-order valence-electron chi connectivity index (χ1n) is 8.11. The quantitative estimate of drug-likeness (QED) is 0.880. The fraction of sp³-hybridized carbons (Fsp3) is 0.316. The number of benzene rings is 2. The van der Waals surface area contributed by atoms with Gasteiger partial charge in [0, 0.05) is 17.5 Å². The predicted octanol–water partition coefficient (Wildman–Crippen LogP) is 2.56. The maximum absolute atomic E-state index is 12.4. The average Bonchev–Trinajstić information content (AvgIpc) is 3.07. The van der Waals surface area contributed by atoms with Crippen LogP contribution >= 0.6 is 0 Å². The van der Waals surface area contributed by atoms with Crippen LogP contribution in [0.3, 0.4) is 0 Å². The van der Waals surface area contributed by atoms with Crippen molar-refractivity contribution in [1.82, 2.24) is 5.32 Å². The number of hydrogen-bond donors (Lipinski definition) is 2. The van der Waals surface area contributed by atoms with Crippen molar-refractivity contribution in [3.05, 3.63) is 65.2 Å². The maximum atomic E-state index is 12.4. The molecule has 25 heavy (non-hydrogen) atoms.